The highest BCUT2D eigenvalue weighted by atomic mass is 32.2. The number of carbonyl (C=O) groups excluding carboxylic acids is 2. The van der Waals surface area contributed by atoms with Gasteiger partial charge >= 0.3 is 0 Å². The fraction of sp³-hybridized carbons (Fsp3) is 0.280. The summed E-state index contributed by atoms with van der Waals surface area (Å²) in [7, 11) is -2.39. The van der Waals surface area contributed by atoms with Crippen LogP contribution < -0.4 is 14.8 Å². The minimum Gasteiger partial charge on any atom is -0.497 e. The Morgan fingerprint density at radius 3 is 2.49 bits per heavy atom. The van der Waals surface area contributed by atoms with Crippen molar-refractivity contribution in [3.63, 3.8) is 0 Å². The Morgan fingerprint density at radius 2 is 1.80 bits per heavy atom. The maximum absolute atomic E-state index is 13.1. The molecule has 2 heterocycles. The van der Waals surface area contributed by atoms with Gasteiger partial charge in [0, 0.05) is 17.9 Å². The van der Waals surface area contributed by atoms with E-state index < -0.39 is 16.1 Å². The van der Waals surface area contributed by atoms with Crippen LogP contribution in [0.3, 0.4) is 0 Å². The summed E-state index contributed by atoms with van der Waals surface area (Å²) >= 11 is 0. The van der Waals surface area contributed by atoms with E-state index in [-0.39, 0.29) is 22.5 Å². The van der Waals surface area contributed by atoms with Crippen molar-refractivity contribution in [2.24, 2.45) is 0 Å². The van der Waals surface area contributed by atoms with Crippen molar-refractivity contribution < 1.29 is 27.2 Å². The average Bonchev–Trinajstić information content (AvgIpc) is 3.40. The maximum Gasteiger partial charge on any atom is 0.290 e. The Labute approximate surface area is 204 Å². The standard InChI is InChI=1S/C25H27N3O6S/c1-17-8-9-19(16-23(17)35(31,32)27-18-10-12-20(33-2)13-11-18)26-24(29)21-6-3-4-14-28(21)25(30)22-7-5-15-34-22/h5,7-13,15-16,21,27H,3-4,6,14H2,1-2H3,(H,26,29). The van der Waals surface area contributed by atoms with Gasteiger partial charge in [-0.1, -0.05) is 6.07 Å². The molecule has 9 nitrogen and oxygen atoms in total. The summed E-state index contributed by atoms with van der Waals surface area (Å²) in [4.78, 5) is 27.5. The molecule has 1 aromatic heterocycles. The Morgan fingerprint density at radius 1 is 1.06 bits per heavy atom. The van der Waals surface area contributed by atoms with Crippen molar-refractivity contribution in [3.8, 4) is 5.75 Å². The lowest BCUT2D eigenvalue weighted by Crippen LogP contribution is -2.49. The molecule has 0 aliphatic carbocycles. The van der Waals surface area contributed by atoms with Crippen LogP contribution in [0.4, 0.5) is 11.4 Å². The van der Waals surface area contributed by atoms with Gasteiger partial charge in [-0.2, -0.15) is 0 Å². The number of methoxy groups -OCH3 is 1. The number of furan rings is 1. The van der Waals surface area contributed by atoms with Gasteiger partial charge in [0.25, 0.3) is 15.9 Å². The highest BCUT2D eigenvalue weighted by Crippen LogP contribution is 2.26. The van der Waals surface area contributed by atoms with Crippen molar-refractivity contribution in [2.45, 2.75) is 37.1 Å². The number of amides is 2. The van der Waals surface area contributed by atoms with Gasteiger partial charge in [0.15, 0.2) is 5.76 Å². The molecular weight excluding hydrogens is 470 g/mol. The van der Waals surface area contributed by atoms with Gasteiger partial charge in [0.2, 0.25) is 5.91 Å². The van der Waals surface area contributed by atoms with E-state index in [1.807, 2.05) is 0 Å². The number of rotatable bonds is 7. The number of hydrogen-bond acceptors (Lipinski definition) is 6. The number of benzene rings is 2. The third-order valence-electron chi connectivity index (χ3n) is 5.89. The molecule has 0 radical (unpaired) electrons. The number of carbonyl (C=O) groups is 2. The molecule has 184 valence electrons. The van der Waals surface area contributed by atoms with Crippen LogP contribution >= 0.6 is 0 Å². The molecule has 0 bridgehead atoms. The van der Waals surface area contributed by atoms with Gasteiger partial charge < -0.3 is 19.4 Å². The van der Waals surface area contributed by atoms with Crippen LogP contribution in [0, 0.1) is 6.92 Å². The molecule has 0 spiro atoms. The van der Waals surface area contributed by atoms with Crippen molar-refractivity contribution in [3.05, 3.63) is 72.2 Å². The van der Waals surface area contributed by atoms with E-state index in [1.165, 1.54) is 24.3 Å². The van der Waals surface area contributed by atoms with E-state index in [9.17, 15) is 18.0 Å². The number of piperidine rings is 1. The van der Waals surface area contributed by atoms with E-state index in [0.29, 0.717) is 35.7 Å². The normalized spacial score (nSPS) is 15.9. The maximum atomic E-state index is 13.1. The average molecular weight is 498 g/mol. The van der Waals surface area contributed by atoms with E-state index in [2.05, 4.69) is 10.0 Å². The fourth-order valence-corrected chi connectivity index (χ4v) is 5.38. The Balaban J connectivity index is 1.52. The minimum absolute atomic E-state index is 0.0401. The first-order valence-electron chi connectivity index (χ1n) is 11.2. The molecule has 0 saturated carbocycles. The molecule has 10 heteroatoms. The molecule has 2 aromatic carbocycles. The zero-order valence-corrected chi connectivity index (χ0v) is 20.3. The van der Waals surface area contributed by atoms with Crippen molar-refractivity contribution in [1.82, 2.24) is 4.90 Å². The van der Waals surface area contributed by atoms with Crippen LogP contribution in [0.5, 0.6) is 5.75 Å². The lowest BCUT2D eigenvalue weighted by Gasteiger charge is -2.34. The van der Waals surface area contributed by atoms with Gasteiger partial charge in [-0.15, -0.1) is 0 Å². The van der Waals surface area contributed by atoms with Crippen LogP contribution in [0.25, 0.3) is 0 Å². The molecule has 1 atom stereocenters. The number of nitrogens with zero attached hydrogens (tertiary/aromatic N) is 1. The third-order valence-corrected chi connectivity index (χ3v) is 7.41. The first-order valence-corrected chi connectivity index (χ1v) is 12.7. The molecule has 1 aliphatic rings. The van der Waals surface area contributed by atoms with Gasteiger partial charge in [0.05, 0.1) is 18.3 Å². The van der Waals surface area contributed by atoms with Gasteiger partial charge in [-0.3, -0.25) is 14.3 Å². The van der Waals surface area contributed by atoms with E-state index in [4.69, 9.17) is 9.15 Å². The van der Waals surface area contributed by atoms with Crippen LogP contribution in [-0.2, 0) is 14.8 Å². The molecule has 3 aromatic rings. The molecule has 4 rings (SSSR count). The topological polar surface area (TPSA) is 118 Å². The van der Waals surface area contributed by atoms with Gasteiger partial charge in [-0.25, -0.2) is 8.42 Å². The van der Waals surface area contributed by atoms with Crippen molar-refractivity contribution >= 4 is 33.2 Å². The summed E-state index contributed by atoms with van der Waals surface area (Å²) in [6.45, 7) is 2.12. The Bertz CT molecular complexity index is 1300. The number of likely N-dealkylation sites (tertiary alicyclic amines) is 1. The smallest absolute Gasteiger partial charge is 0.290 e. The second-order valence-electron chi connectivity index (χ2n) is 8.29. The predicted octanol–water partition coefficient (Wildman–Crippen LogP) is 4.03. The predicted molar refractivity (Wildman–Crippen MR) is 131 cm³/mol. The van der Waals surface area contributed by atoms with Crippen LogP contribution in [-0.4, -0.2) is 44.8 Å². The molecular formula is C25H27N3O6S. The fourth-order valence-electron chi connectivity index (χ4n) is 4.05. The highest BCUT2D eigenvalue weighted by molar-refractivity contribution is 7.92. The quantitative estimate of drug-likeness (QED) is 0.509. The number of sulfonamides is 1. The monoisotopic (exact) mass is 497 g/mol. The lowest BCUT2D eigenvalue weighted by atomic mass is 10.0. The highest BCUT2D eigenvalue weighted by Gasteiger charge is 2.34. The van der Waals surface area contributed by atoms with Gasteiger partial charge in [-0.05, 0) is 80.3 Å². The van der Waals surface area contributed by atoms with Crippen LogP contribution in [0.1, 0.15) is 35.4 Å². The van der Waals surface area contributed by atoms with E-state index in [1.54, 1.807) is 55.5 Å². The second kappa shape index (κ2) is 10.2. The van der Waals surface area contributed by atoms with Crippen LogP contribution in [0.15, 0.2) is 70.2 Å². The second-order valence-corrected chi connectivity index (χ2v) is 9.94. The molecule has 1 aliphatic heterocycles. The zero-order chi connectivity index (χ0) is 25.0. The molecule has 2 amide bonds. The summed E-state index contributed by atoms with van der Waals surface area (Å²) in [5, 5.41) is 2.79. The van der Waals surface area contributed by atoms with Gasteiger partial charge in [0.1, 0.15) is 11.8 Å². The number of ether oxygens (including phenoxy) is 1. The number of nitrogens with one attached hydrogen (secondary N) is 2. The summed E-state index contributed by atoms with van der Waals surface area (Å²) in [5.41, 5.74) is 1.23. The first-order chi connectivity index (χ1) is 16.8. The Hall–Kier alpha value is -3.79. The summed E-state index contributed by atoms with van der Waals surface area (Å²) in [6, 6.07) is 13.7. The molecule has 1 fully saturated rings. The number of aryl methyl sites for hydroxylation is 1. The number of hydrogen-bond donors (Lipinski definition) is 2. The van der Waals surface area contributed by atoms with E-state index >= 15 is 0 Å². The number of anilines is 2. The Kier molecular flexibility index (Phi) is 7.11. The third kappa shape index (κ3) is 5.48. The van der Waals surface area contributed by atoms with E-state index in [0.717, 1.165) is 12.8 Å². The molecule has 1 saturated heterocycles. The SMILES string of the molecule is COc1ccc(NS(=O)(=O)c2cc(NC(=O)C3CCCCN3C(=O)c3ccco3)ccc2C)cc1. The lowest BCUT2D eigenvalue weighted by molar-refractivity contribution is -0.121. The summed E-state index contributed by atoms with van der Waals surface area (Å²) in [5.74, 6) is 0.0692. The summed E-state index contributed by atoms with van der Waals surface area (Å²) in [6.07, 6.45) is 3.52. The minimum atomic E-state index is -3.92. The van der Waals surface area contributed by atoms with Crippen LogP contribution in [0.2, 0.25) is 0 Å². The van der Waals surface area contributed by atoms with Crippen molar-refractivity contribution in [2.75, 3.05) is 23.7 Å². The first kappa shape index (κ1) is 24.3. The zero-order valence-electron chi connectivity index (χ0n) is 19.5. The largest absolute Gasteiger partial charge is 0.497 e. The molecule has 2 N–H and O–H groups in total. The molecule has 1 unspecified atom stereocenters. The summed E-state index contributed by atoms with van der Waals surface area (Å²) < 4.78 is 39.0. The molecule has 35 heavy (non-hydrogen) atoms. The van der Waals surface area contributed by atoms with Crippen molar-refractivity contribution in [1.29, 1.82) is 0 Å².